The highest BCUT2D eigenvalue weighted by atomic mass is 32.1. The summed E-state index contributed by atoms with van der Waals surface area (Å²) in [6, 6.07) is 11.5. The van der Waals surface area contributed by atoms with Gasteiger partial charge < -0.3 is 19.4 Å². The van der Waals surface area contributed by atoms with E-state index in [0.717, 1.165) is 21.5 Å². The molecule has 0 unspecified atom stereocenters. The van der Waals surface area contributed by atoms with E-state index in [2.05, 4.69) is 5.32 Å². The number of fused-ring (bicyclic) bond motifs is 1. The number of carbonyl (C=O) groups excluding carboxylic acids is 2. The number of aromatic nitrogens is 1. The van der Waals surface area contributed by atoms with Gasteiger partial charge in [0.15, 0.2) is 0 Å². The number of benzene rings is 1. The van der Waals surface area contributed by atoms with Crippen LogP contribution in [0.25, 0.3) is 21.3 Å². The van der Waals surface area contributed by atoms with Gasteiger partial charge in [0.2, 0.25) is 0 Å². The van der Waals surface area contributed by atoms with Crippen molar-refractivity contribution >= 4 is 49.8 Å². The summed E-state index contributed by atoms with van der Waals surface area (Å²) in [5.41, 5.74) is 3.52. The number of carbonyl (C=O) groups is 2. The van der Waals surface area contributed by atoms with Gasteiger partial charge in [0.25, 0.3) is 5.91 Å². The molecule has 0 atom stereocenters. The number of anilines is 1. The van der Waals surface area contributed by atoms with Crippen LogP contribution in [0, 0.1) is 0 Å². The molecule has 1 aromatic carbocycles. The minimum Gasteiger partial charge on any atom is -0.497 e. The molecule has 3 aromatic heterocycles. The maximum atomic E-state index is 13.3. The first-order valence-electron chi connectivity index (χ1n) is 10.3. The Morgan fingerprint density at radius 2 is 1.88 bits per heavy atom. The van der Waals surface area contributed by atoms with E-state index in [-0.39, 0.29) is 18.6 Å². The van der Waals surface area contributed by atoms with Crippen molar-refractivity contribution in [1.82, 2.24) is 4.57 Å². The van der Waals surface area contributed by atoms with Crippen molar-refractivity contribution in [2.45, 2.75) is 26.8 Å². The summed E-state index contributed by atoms with van der Waals surface area (Å²) >= 11 is 2.91. The first-order valence-corrected chi connectivity index (χ1v) is 12.0. The van der Waals surface area contributed by atoms with Crippen LogP contribution in [-0.2, 0) is 4.74 Å². The Morgan fingerprint density at radius 3 is 2.53 bits per heavy atom. The molecule has 0 aliphatic rings. The number of nitrogens with one attached hydrogen (secondary N) is 1. The van der Waals surface area contributed by atoms with E-state index in [0.29, 0.717) is 21.8 Å². The zero-order valence-electron chi connectivity index (χ0n) is 18.3. The Labute approximate surface area is 194 Å². The van der Waals surface area contributed by atoms with Gasteiger partial charge in [0.1, 0.15) is 22.0 Å². The Kier molecular flexibility index (Phi) is 6.34. The molecular weight excluding hydrogens is 444 g/mol. The molecule has 4 aromatic rings. The number of nitrogens with zero attached hydrogens (tertiary/aromatic N) is 1. The van der Waals surface area contributed by atoms with Crippen LogP contribution < -0.4 is 10.1 Å². The molecule has 0 radical (unpaired) electrons. The van der Waals surface area contributed by atoms with Gasteiger partial charge in [-0.25, -0.2) is 4.79 Å². The fourth-order valence-corrected chi connectivity index (χ4v) is 5.44. The smallest absolute Gasteiger partial charge is 0.341 e. The number of hydrogen-bond acceptors (Lipinski definition) is 6. The molecule has 0 aliphatic carbocycles. The Hall–Kier alpha value is -3.10. The summed E-state index contributed by atoms with van der Waals surface area (Å²) in [6.45, 7) is 6.10. The van der Waals surface area contributed by atoms with Crippen molar-refractivity contribution in [3.05, 3.63) is 58.4 Å². The third-order valence-electron chi connectivity index (χ3n) is 5.11. The van der Waals surface area contributed by atoms with Gasteiger partial charge in [0.05, 0.1) is 23.9 Å². The molecule has 0 aliphatic heterocycles. The summed E-state index contributed by atoms with van der Waals surface area (Å²) in [4.78, 5) is 26.1. The first kappa shape index (κ1) is 22.1. The van der Waals surface area contributed by atoms with Crippen LogP contribution in [0.1, 0.15) is 47.7 Å². The molecule has 0 saturated heterocycles. The zero-order valence-corrected chi connectivity index (χ0v) is 19.9. The highest BCUT2D eigenvalue weighted by Gasteiger charge is 2.25. The lowest BCUT2D eigenvalue weighted by atomic mass is 10.0. The molecule has 166 valence electrons. The van der Waals surface area contributed by atoms with E-state index in [1.54, 1.807) is 25.4 Å². The second kappa shape index (κ2) is 9.18. The Bertz CT molecular complexity index is 1270. The van der Waals surface area contributed by atoms with Crippen LogP contribution in [0.15, 0.2) is 47.2 Å². The fraction of sp³-hybridized carbons (Fsp3) is 0.250. The molecule has 0 saturated carbocycles. The van der Waals surface area contributed by atoms with Gasteiger partial charge in [-0.2, -0.15) is 0 Å². The van der Waals surface area contributed by atoms with Crippen molar-refractivity contribution in [1.29, 1.82) is 0 Å². The number of rotatable bonds is 7. The summed E-state index contributed by atoms with van der Waals surface area (Å²) in [5, 5.41) is 7.32. The lowest BCUT2D eigenvalue weighted by Gasteiger charge is -2.14. The van der Waals surface area contributed by atoms with Gasteiger partial charge in [0, 0.05) is 17.0 Å². The normalized spacial score (nSPS) is 11.2. The lowest BCUT2D eigenvalue weighted by molar-refractivity contribution is 0.0529. The van der Waals surface area contributed by atoms with Crippen LogP contribution in [0.3, 0.4) is 0 Å². The number of methoxy groups -OCH3 is 1. The molecule has 8 heteroatoms. The SMILES string of the molecule is CCOC(=O)c1c(-c2ccc(OC)cc2)csc1NC(=O)c1cc2sccc2n1C(C)C. The van der Waals surface area contributed by atoms with E-state index in [4.69, 9.17) is 9.47 Å². The van der Waals surface area contributed by atoms with Gasteiger partial charge in [-0.05, 0) is 56.0 Å². The maximum absolute atomic E-state index is 13.3. The summed E-state index contributed by atoms with van der Waals surface area (Å²) in [6.07, 6.45) is 0. The lowest BCUT2D eigenvalue weighted by Crippen LogP contribution is -2.19. The minimum atomic E-state index is -0.463. The number of hydrogen-bond donors (Lipinski definition) is 1. The Morgan fingerprint density at radius 1 is 1.12 bits per heavy atom. The zero-order chi connectivity index (χ0) is 22.8. The standard InChI is InChI=1S/C24H24N2O4S2/c1-5-30-24(28)21-17(15-6-8-16(29-4)9-7-15)13-32-23(21)25-22(27)19-12-20-18(10-11-31-20)26(19)14(2)3/h6-14H,5H2,1-4H3,(H,25,27). The fourth-order valence-electron chi connectivity index (χ4n) is 3.68. The minimum absolute atomic E-state index is 0.116. The van der Waals surface area contributed by atoms with Crippen molar-refractivity contribution < 1.29 is 19.1 Å². The number of esters is 1. The van der Waals surface area contributed by atoms with Crippen LogP contribution in [0.2, 0.25) is 0 Å². The second-order valence-electron chi connectivity index (χ2n) is 7.42. The Balaban J connectivity index is 1.73. The molecule has 32 heavy (non-hydrogen) atoms. The summed E-state index contributed by atoms with van der Waals surface area (Å²) in [5.74, 6) is 0.00970. The van der Waals surface area contributed by atoms with Gasteiger partial charge in [-0.3, -0.25) is 4.79 Å². The molecule has 0 spiro atoms. The van der Waals surface area contributed by atoms with E-state index < -0.39 is 5.97 Å². The number of thiophene rings is 2. The van der Waals surface area contributed by atoms with Gasteiger partial charge in [-0.15, -0.1) is 22.7 Å². The number of ether oxygens (including phenoxy) is 2. The van der Waals surface area contributed by atoms with Crippen LogP contribution >= 0.6 is 22.7 Å². The molecule has 1 N–H and O–H groups in total. The predicted octanol–water partition coefficient (Wildman–Crippen LogP) is 6.45. The van der Waals surface area contributed by atoms with Crippen molar-refractivity contribution in [2.24, 2.45) is 0 Å². The third-order valence-corrected chi connectivity index (χ3v) is 6.86. The summed E-state index contributed by atoms with van der Waals surface area (Å²) in [7, 11) is 1.61. The van der Waals surface area contributed by atoms with E-state index in [1.807, 2.05) is 65.6 Å². The molecule has 1 amide bonds. The maximum Gasteiger partial charge on any atom is 0.341 e. The largest absolute Gasteiger partial charge is 0.497 e. The van der Waals surface area contributed by atoms with Crippen LogP contribution in [-0.4, -0.2) is 30.2 Å². The highest BCUT2D eigenvalue weighted by molar-refractivity contribution is 7.17. The monoisotopic (exact) mass is 468 g/mol. The first-order chi connectivity index (χ1) is 15.4. The topological polar surface area (TPSA) is 69.6 Å². The molecule has 0 bridgehead atoms. The van der Waals surface area contributed by atoms with Gasteiger partial charge >= 0.3 is 5.97 Å². The number of amides is 1. The van der Waals surface area contributed by atoms with E-state index >= 15 is 0 Å². The van der Waals surface area contributed by atoms with Crippen molar-refractivity contribution in [2.75, 3.05) is 19.0 Å². The van der Waals surface area contributed by atoms with Crippen LogP contribution in [0.5, 0.6) is 5.75 Å². The van der Waals surface area contributed by atoms with E-state index in [9.17, 15) is 9.59 Å². The van der Waals surface area contributed by atoms with Gasteiger partial charge in [-0.1, -0.05) is 12.1 Å². The molecule has 4 rings (SSSR count). The molecule has 3 heterocycles. The molecular formula is C24H24N2O4S2. The highest BCUT2D eigenvalue weighted by Crippen LogP contribution is 2.37. The van der Waals surface area contributed by atoms with Crippen molar-refractivity contribution in [3.63, 3.8) is 0 Å². The molecule has 0 fully saturated rings. The average Bonchev–Trinajstić information content (AvgIpc) is 3.48. The van der Waals surface area contributed by atoms with E-state index in [1.165, 1.54) is 11.3 Å². The summed E-state index contributed by atoms with van der Waals surface area (Å²) < 4.78 is 13.6. The van der Waals surface area contributed by atoms with Crippen molar-refractivity contribution in [3.8, 4) is 16.9 Å². The average molecular weight is 469 g/mol. The third kappa shape index (κ3) is 4.03. The quantitative estimate of drug-likeness (QED) is 0.317. The van der Waals surface area contributed by atoms with Crippen LogP contribution in [0.4, 0.5) is 5.00 Å². The molecule has 6 nitrogen and oxygen atoms in total. The second-order valence-corrected chi connectivity index (χ2v) is 9.25. The predicted molar refractivity (Wildman–Crippen MR) is 130 cm³/mol.